The minimum Gasteiger partial charge on any atom is -0.314 e. The molecule has 5 heteroatoms. The molecule has 76 valence electrons. The molecule has 0 amide bonds. The molecule has 0 spiro atoms. The first-order chi connectivity index (χ1) is 6.44. The fraction of sp³-hybridized carbons (Fsp3) is 0.556. The van der Waals surface area contributed by atoms with Crippen LogP contribution in [-0.2, 0) is 0 Å². The summed E-state index contributed by atoms with van der Waals surface area (Å²) < 4.78 is 2.73. The van der Waals surface area contributed by atoms with Gasteiger partial charge < -0.3 is 5.73 Å². The number of hydrogen-bond acceptors (Lipinski definition) is 3. The van der Waals surface area contributed by atoms with E-state index in [1.54, 1.807) is 17.8 Å². The van der Waals surface area contributed by atoms with Crippen LogP contribution in [-0.4, -0.2) is 15.3 Å². The van der Waals surface area contributed by atoms with Crippen molar-refractivity contribution in [1.29, 1.82) is 5.26 Å². The molecule has 0 aliphatic rings. The predicted octanol–water partition coefficient (Wildman–Crippen LogP) is 1.84. The van der Waals surface area contributed by atoms with Crippen molar-refractivity contribution in [2.75, 3.05) is 0 Å². The lowest BCUT2D eigenvalue weighted by Crippen LogP contribution is -2.36. The van der Waals surface area contributed by atoms with Gasteiger partial charge in [0.1, 0.15) is 5.54 Å². The third-order valence-corrected chi connectivity index (χ3v) is 2.41. The molecule has 4 nitrogen and oxygen atoms in total. The van der Waals surface area contributed by atoms with Crippen LogP contribution < -0.4 is 5.73 Å². The van der Waals surface area contributed by atoms with E-state index in [0.717, 1.165) is 4.47 Å². The minimum atomic E-state index is -0.794. The fourth-order valence-corrected chi connectivity index (χ4v) is 1.61. The summed E-state index contributed by atoms with van der Waals surface area (Å²) >= 11 is 3.32. The second-order valence-electron chi connectivity index (χ2n) is 3.72. The van der Waals surface area contributed by atoms with Crippen LogP contribution in [0.1, 0.15) is 26.3 Å². The van der Waals surface area contributed by atoms with Crippen molar-refractivity contribution in [2.45, 2.75) is 31.8 Å². The second kappa shape index (κ2) is 4.11. The van der Waals surface area contributed by atoms with Gasteiger partial charge in [0.2, 0.25) is 0 Å². The molecular formula is C9H13BrN4. The first-order valence-electron chi connectivity index (χ1n) is 4.34. The van der Waals surface area contributed by atoms with Gasteiger partial charge in [0.25, 0.3) is 0 Å². The summed E-state index contributed by atoms with van der Waals surface area (Å²) in [4.78, 5) is 0. The number of nitrogens with two attached hydrogens (primary N) is 1. The van der Waals surface area contributed by atoms with E-state index in [1.165, 1.54) is 0 Å². The van der Waals surface area contributed by atoms with Crippen molar-refractivity contribution in [3.05, 3.63) is 16.9 Å². The third-order valence-electron chi connectivity index (χ3n) is 2.00. The average Bonchev–Trinajstić information content (AvgIpc) is 2.51. The van der Waals surface area contributed by atoms with E-state index in [-0.39, 0.29) is 6.04 Å². The number of nitriles is 1. The van der Waals surface area contributed by atoms with Crippen LogP contribution in [0.2, 0.25) is 0 Å². The zero-order chi connectivity index (χ0) is 10.8. The maximum atomic E-state index is 8.78. The van der Waals surface area contributed by atoms with Crippen LogP contribution in [0.3, 0.4) is 0 Å². The van der Waals surface area contributed by atoms with E-state index in [9.17, 15) is 0 Å². The molecule has 0 fully saturated rings. The molecule has 2 atom stereocenters. The van der Waals surface area contributed by atoms with Gasteiger partial charge in [0, 0.05) is 12.6 Å². The van der Waals surface area contributed by atoms with Gasteiger partial charge in [-0.05, 0) is 29.8 Å². The predicted molar refractivity (Wildman–Crippen MR) is 57.5 cm³/mol. The average molecular weight is 257 g/mol. The summed E-state index contributed by atoms with van der Waals surface area (Å²) in [6, 6.07) is 2.19. The van der Waals surface area contributed by atoms with Crippen LogP contribution >= 0.6 is 15.9 Å². The fourth-order valence-electron chi connectivity index (χ4n) is 1.31. The number of nitrogens with zero attached hydrogens (tertiary/aromatic N) is 3. The lowest BCUT2D eigenvalue weighted by atomic mass is 9.97. The zero-order valence-electron chi connectivity index (χ0n) is 8.24. The van der Waals surface area contributed by atoms with Crippen molar-refractivity contribution in [3.8, 4) is 6.07 Å². The van der Waals surface area contributed by atoms with Crippen molar-refractivity contribution in [3.63, 3.8) is 0 Å². The van der Waals surface area contributed by atoms with Gasteiger partial charge >= 0.3 is 0 Å². The highest BCUT2D eigenvalue weighted by Gasteiger charge is 2.22. The molecule has 1 aromatic rings. The van der Waals surface area contributed by atoms with Crippen LogP contribution in [0.4, 0.5) is 0 Å². The molecule has 1 heterocycles. The molecule has 1 aromatic heterocycles. The van der Waals surface area contributed by atoms with Crippen LogP contribution in [0, 0.1) is 11.3 Å². The second-order valence-corrected chi connectivity index (χ2v) is 4.64. The number of aromatic nitrogens is 2. The smallest absolute Gasteiger partial charge is 0.103 e. The molecule has 1 rings (SSSR count). The normalized spacial score (nSPS) is 17.1. The Morgan fingerprint density at radius 1 is 1.86 bits per heavy atom. The van der Waals surface area contributed by atoms with Gasteiger partial charge in [-0.25, -0.2) is 0 Å². The standard InChI is InChI=1S/C9H13BrN4/c1-7(3-9(2,12)6-11)14-5-8(10)4-13-14/h4-5,7H,3,12H2,1-2H3. The van der Waals surface area contributed by atoms with Crippen LogP contribution in [0.5, 0.6) is 0 Å². The Morgan fingerprint density at radius 2 is 2.50 bits per heavy atom. The SMILES string of the molecule is CC(CC(C)(N)C#N)n1cc(Br)cn1. The van der Waals surface area contributed by atoms with Crippen LogP contribution in [0.15, 0.2) is 16.9 Å². The monoisotopic (exact) mass is 256 g/mol. The molecule has 0 radical (unpaired) electrons. The van der Waals surface area contributed by atoms with Gasteiger partial charge in [-0.15, -0.1) is 0 Å². The van der Waals surface area contributed by atoms with E-state index < -0.39 is 5.54 Å². The molecular weight excluding hydrogens is 244 g/mol. The summed E-state index contributed by atoms with van der Waals surface area (Å²) in [5, 5.41) is 12.9. The molecule has 0 saturated heterocycles. The maximum Gasteiger partial charge on any atom is 0.103 e. The van der Waals surface area contributed by atoms with E-state index >= 15 is 0 Å². The van der Waals surface area contributed by atoms with Crippen LogP contribution in [0.25, 0.3) is 0 Å². The molecule has 0 saturated carbocycles. The van der Waals surface area contributed by atoms with Gasteiger partial charge in [-0.3, -0.25) is 4.68 Å². The quantitative estimate of drug-likeness (QED) is 0.898. The Morgan fingerprint density at radius 3 is 2.93 bits per heavy atom. The summed E-state index contributed by atoms with van der Waals surface area (Å²) in [5.41, 5.74) is 4.95. The number of halogens is 1. The van der Waals surface area contributed by atoms with Crippen molar-refractivity contribution < 1.29 is 0 Å². The molecule has 0 bridgehead atoms. The van der Waals surface area contributed by atoms with E-state index in [2.05, 4.69) is 27.1 Å². The van der Waals surface area contributed by atoms with Gasteiger partial charge in [-0.2, -0.15) is 10.4 Å². The molecule has 2 unspecified atom stereocenters. The Balaban J connectivity index is 2.69. The Labute approximate surface area is 91.8 Å². The summed E-state index contributed by atoms with van der Waals surface area (Å²) in [6.07, 6.45) is 4.17. The highest BCUT2D eigenvalue weighted by atomic mass is 79.9. The van der Waals surface area contributed by atoms with E-state index in [1.807, 2.05) is 13.1 Å². The van der Waals surface area contributed by atoms with Crippen molar-refractivity contribution in [1.82, 2.24) is 9.78 Å². The Bertz CT molecular complexity index is 350. The van der Waals surface area contributed by atoms with Gasteiger partial charge in [-0.1, -0.05) is 0 Å². The summed E-state index contributed by atoms with van der Waals surface area (Å²) in [6.45, 7) is 3.71. The molecule has 0 aromatic carbocycles. The molecule has 2 N–H and O–H groups in total. The highest BCUT2D eigenvalue weighted by Crippen LogP contribution is 2.19. The molecule has 0 aliphatic heterocycles. The lowest BCUT2D eigenvalue weighted by Gasteiger charge is -2.20. The topological polar surface area (TPSA) is 67.6 Å². The van der Waals surface area contributed by atoms with Crippen molar-refractivity contribution in [2.24, 2.45) is 5.73 Å². The molecule has 14 heavy (non-hydrogen) atoms. The zero-order valence-corrected chi connectivity index (χ0v) is 9.82. The highest BCUT2D eigenvalue weighted by molar-refractivity contribution is 9.10. The first-order valence-corrected chi connectivity index (χ1v) is 5.14. The first kappa shape index (κ1) is 11.2. The van der Waals surface area contributed by atoms with E-state index in [4.69, 9.17) is 11.0 Å². The van der Waals surface area contributed by atoms with E-state index in [0.29, 0.717) is 6.42 Å². The third kappa shape index (κ3) is 2.82. The van der Waals surface area contributed by atoms with Crippen molar-refractivity contribution >= 4 is 15.9 Å². The number of rotatable bonds is 3. The van der Waals surface area contributed by atoms with Gasteiger partial charge in [0.15, 0.2) is 0 Å². The minimum absolute atomic E-state index is 0.121. The lowest BCUT2D eigenvalue weighted by molar-refractivity contribution is 0.386. The summed E-state index contributed by atoms with van der Waals surface area (Å²) in [5.74, 6) is 0. The van der Waals surface area contributed by atoms with Gasteiger partial charge in [0.05, 0.1) is 22.8 Å². The largest absolute Gasteiger partial charge is 0.314 e. The maximum absolute atomic E-state index is 8.78. The number of hydrogen-bond donors (Lipinski definition) is 1. The Kier molecular flexibility index (Phi) is 3.29. The Hall–Kier alpha value is -0.860. The summed E-state index contributed by atoms with van der Waals surface area (Å²) in [7, 11) is 0. The molecule has 0 aliphatic carbocycles.